The van der Waals surface area contributed by atoms with E-state index < -0.39 is 0 Å². The Morgan fingerprint density at radius 2 is 1.62 bits per heavy atom. The van der Waals surface area contributed by atoms with Crippen molar-refractivity contribution in [3.8, 4) is 0 Å². The topological polar surface area (TPSA) is 0 Å². The molecular weight excluding hydrogens is 438 g/mol. The van der Waals surface area contributed by atoms with Gasteiger partial charge in [-0.1, -0.05) is 68.0 Å². The van der Waals surface area contributed by atoms with E-state index in [1.807, 2.05) is 0 Å². The molecule has 132 valence electrons. The molecule has 0 radical (unpaired) electrons. The van der Waals surface area contributed by atoms with Gasteiger partial charge in [-0.3, -0.25) is 0 Å². The van der Waals surface area contributed by atoms with Crippen LogP contribution in [0.1, 0.15) is 18.4 Å². The summed E-state index contributed by atoms with van der Waals surface area (Å²) >= 11 is 0. The van der Waals surface area contributed by atoms with Gasteiger partial charge in [0.2, 0.25) is 0 Å². The van der Waals surface area contributed by atoms with E-state index in [1.165, 1.54) is 39.9 Å². The van der Waals surface area contributed by atoms with Crippen molar-refractivity contribution in [2.75, 3.05) is 0 Å². The zero-order valence-corrected chi connectivity index (χ0v) is 18.8. The first kappa shape index (κ1) is 23.3. The summed E-state index contributed by atoms with van der Waals surface area (Å²) in [6.07, 6.45) is 14.1. The Bertz CT molecular complexity index is 874. The third-order valence-corrected chi connectivity index (χ3v) is 5.11. The van der Waals surface area contributed by atoms with Crippen LogP contribution in [0.3, 0.4) is 0 Å². The van der Waals surface area contributed by atoms with Gasteiger partial charge in [0.25, 0.3) is 0 Å². The van der Waals surface area contributed by atoms with Crippen LogP contribution in [0.5, 0.6) is 0 Å². The van der Waals surface area contributed by atoms with Crippen molar-refractivity contribution in [2.24, 2.45) is 11.8 Å². The van der Waals surface area contributed by atoms with E-state index in [-0.39, 0.29) is 51.0 Å². The Morgan fingerprint density at radius 1 is 0.885 bits per heavy atom. The number of allylic oxidation sites excluding steroid dienone is 4. The fourth-order valence-corrected chi connectivity index (χ4v) is 3.82. The van der Waals surface area contributed by atoms with Crippen LogP contribution in [-0.4, -0.2) is 0 Å². The van der Waals surface area contributed by atoms with Crippen molar-refractivity contribution in [2.45, 2.75) is 19.8 Å². The van der Waals surface area contributed by atoms with E-state index in [1.54, 1.807) is 0 Å². The number of benzene rings is 2. The molecule has 1 fully saturated rings. The van der Waals surface area contributed by atoms with Gasteiger partial charge in [-0.15, -0.1) is 51.2 Å². The Hall–Kier alpha value is -0.747. The third-order valence-electron chi connectivity index (χ3n) is 5.11. The van der Waals surface area contributed by atoms with Gasteiger partial charge >= 0.3 is 26.2 Å². The summed E-state index contributed by atoms with van der Waals surface area (Å²) in [6, 6.07) is 17.3. The molecule has 26 heavy (non-hydrogen) atoms. The van der Waals surface area contributed by atoms with Crippen LogP contribution in [0.25, 0.3) is 21.5 Å². The van der Waals surface area contributed by atoms with Gasteiger partial charge in [0.1, 0.15) is 0 Å². The molecule has 0 spiro atoms. The van der Waals surface area contributed by atoms with Gasteiger partial charge in [-0.25, -0.2) is 0 Å². The molecule has 0 aromatic heterocycles. The Morgan fingerprint density at radius 3 is 2.42 bits per heavy atom. The van der Waals surface area contributed by atoms with Crippen LogP contribution in [0, 0.1) is 25.2 Å². The molecule has 5 rings (SSSR count). The molecule has 1 saturated carbocycles. The van der Waals surface area contributed by atoms with E-state index in [9.17, 15) is 0 Å². The quantitative estimate of drug-likeness (QED) is 0.426. The molecule has 3 aromatic carbocycles. The molecule has 0 N–H and O–H groups in total. The van der Waals surface area contributed by atoms with E-state index in [4.69, 9.17) is 0 Å². The molecule has 3 aromatic rings. The minimum absolute atomic E-state index is 0. The zero-order valence-electron chi connectivity index (χ0n) is 14.8. The van der Waals surface area contributed by atoms with Crippen molar-refractivity contribution < 1.29 is 51.0 Å². The number of aryl methyl sites for hydroxylation is 1. The maximum absolute atomic E-state index is 2.42. The average molecular weight is 461 g/mol. The first-order chi connectivity index (χ1) is 11.3. The molecule has 0 heterocycles. The summed E-state index contributed by atoms with van der Waals surface area (Å²) in [5.74, 6) is 1.62. The van der Waals surface area contributed by atoms with Gasteiger partial charge < -0.3 is 31.2 Å². The van der Waals surface area contributed by atoms with Gasteiger partial charge in [-0.2, -0.15) is 6.42 Å². The summed E-state index contributed by atoms with van der Waals surface area (Å²) in [4.78, 5) is 0. The second kappa shape index (κ2) is 10.6. The van der Waals surface area contributed by atoms with Crippen molar-refractivity contribution in [1.82, 2.24) is 0 Å². The van der Waals surface area contributed by atoms with E-state index in [0.29, 0.717) is 0 Å². The van der Waals surface area contributed by atoms with E-state index in [0.717, 1.165) is 11.8 Å². The minimum Gasteiger partial charge on any atom is -1.00 e. The first-order valence-corrected chi connectivity index (χ1v) is 8.55. The number of hydrogen-bond donors (Lipinski definition) is 0. The number of halogens is 2. The van der Waals surface area contributed by atoms with Crippen molar-refractivity contribution >= 4 is 21.5 Å². The summed E-state index contributed by atoms with van der Waals surface area (Å²) in [7, 11) is 0. The monoisotopic (exact) mass is 458 g/mol. The molecule has 2 unspecified atom stereocenters. The maximum atomic E-state index is 2.42. The zero-order chi connectivity index (χ0) is 15.6. The summed E-state index contributed by atoms with van der Waals surface area (Å²) in [5.41, 5.74) is 1.36. The second-order valence-corrected chi connectivity index (χ2v) is 6.59. The van der Waals surface area contributed by atoms with E-state index >= 15 is 0 Å². The second-order valence-electron chi connectivity index (χ2n) is 6.59. The standard InChI is InChI=1S/C14H11.C9H11.2ClH.Zr/c1-10-5-4-8-13-12-7-3-2-6-11(12)9-14(10)13;1-2-5-9-7-3-6-8(9)4-1;;;/h2-9H,1H3;1-2,4-6,8-9H,3,7H2;2*1H;/q2*-1;;;+4/p-2. The molecule has 2 aliphatic carbocycles. The van der Waals surface area contributed by atoms with Crippen LogP contribution < -0.4 is 24.8 Å². The van der Waals surface area contributed by atoms with Crippen molar-refractivity contribution in [3.05, 3.63) is 84.8 Å². The average Bonchev–Trinajstić information content (AvgIpc) is 3.20. The molecule has 0 bridgehead atoms. The fraction of sp³-hybridized carbons (Fsp3) is 0.217. The fourth-order valence-electron chi connectivity index (χ4n) is 3.82. The van der Waals surface area contributed by atoms with Crippen molar-refractivity contribution in [3.63, 3.8) is 0 Å². The predicted octanol–water partition coefficient (Wildman–Crippen LogP) is 0.369. The summed E-state index contributed by atoms with van der Waals surface area (Å²) < 4.78 is 0. The summed E-state index contributed by atoms with van der Waals surface area (Å²) in [5, 5.41) is 5.47. The molecular formula is C23H22Cl2Zr. The number of hydrogen-bond acceptors (Lipinski definition) is 0. The molecule has 0 amide bonds. The van der Waals surface area contributed by atoms with Crippen LogP contribution in [0.15, 0.2) is 72.8 Å². The van der Waals surface area contributed by atoms with Crippen LogP contribution >= 0.6 is 0 Å². The third kappa shape index (κ3) is 4.75. The number of rotatable bonds is 0. The molecule has 0 saturated heterocycles. The van der Waals surface area contributed by atoms with Crippen molar-refractivity contribution in [1.29, 1.82) is 0 Å². The number of fused-ring (bicyclic) bond motifs is 4. The predicted molar refractivity (Wildman–Crippen MR) is 101 cm³/mol. The molecule has 2 aliphatic rings. The molecule has 0 nitrogen and oxygen atoms in total. The normalized spacial score (nSPS) is 19.6. The SMILES string of the molecule is C1=CC2[CH-]CCC2C=C1.Cc1cccc2c1[cH-]c1ccccc12.[Cl-].[Cl-].[Zr+4]. The van der Waals surface area contributed by atoms with Gasteiger partial charge in [-0.05, 0) is 5.92 Å². The van der Waals surface area contributed by atoms with Gasteiger partial charge in [0.15, 0.2) is 0 Å². The van der Waals surface area contributed by atoms with E-state index in [2.05, 4.69) is 86.2 Å². The molecule has 0 aliphatic heterocycles. The van der Waals surface area contributed by atoms with Crippen LogP contribution in [0.4, 0.5) is 0 Å². The summed E-state index contributed by atoms with van der Waals surface area (Å²) in [6.45, 7) is 2.17. The minimum atomic E-state index is 0. The molecule has 2 atom stereocenters. The molecule has 3 heteroatoms. The smallest absolute Gasteiger partial charge is 1.00 e. The largest absolute Gasteiger partial charge is 4.00 e. The van der Waals surface area contributed by atoms with Crippen LogP contribution in [0.2, 0.25) is 0 Å². The maximum Gasteiger partial charge on any atom is 4.00 e. The van der Waals surface area contributed by atoms with Gasteiger partial charge in [0.05, 0.1) is 0 Å². The van der Waals surface area contributed by atoms with Gasteiger partial charge in [0, 0.05) is 0 Å². The Labute approximate surface area is 188 Å². The first-order valence-electron chi connectivity index (χ1n) is 8.55. The Kier molecular flexibility index (Phi) is 9.45. The van der Waals surface area contributed by atoms with Crippen LogP contribution in [-0.2, 0) is 26.2 Å². The Balaban J connectivity index is 0.000000250.